The van der Waals surface area contributed by atoms with E-state index in [1.807, 2.05) is 0 Å². The van der Waals surface area contributed by atoms with Gasteiger partial charge in [0.05, 0.1) is 19.4 Å². The maximum atomic E-state index is 11.3. The molecule has 88 valence electrons. The fourth-order valence-electron chi connectivity index (χ4n) is 1.11. The van der Waals surface area contributed by atoms with Gasteiger partial charge in [0.2, 0.25) is 0 Å². The second kappa shape index (κ2) is 6.19. The summed E-state index contributed by atoms with van der Waals surface area (Å²) in [5.74, 6) is 0.517. The van der Waals surface area contributed by atoms with Crippen molar-refractivity contribution in [3.05, 3.63) is 23.2 Å². The zero-order valence-corrected chi connectivity index (χ0v) is 9.54. The van der Waals surface area contributed by atoms with Crippen LogP contribution in [0.25, 0.3) is 0 Å². The van der Waals surface area contributed by atoms with Crippen molar-refractivity contribution in [1.82, 2.24) is 5.32 Å². The Morgan fingerprint density at radius 1 is 1.56 bits per heavy atom. The zero-order valence-electron chi connectivity index (χ0n) is 8.79. The van der Waals surface area contributed by atoms with Crippen LogP contribution < -0.4 is 15.4 Å². The smallest absolute Gasteiger partial charge is 0.319 e. The molecule has 0 unspecified atom stereocenters. The average molecular weight is 245 g/mol. The van der Waals surface area contributed by atoms with E-state index in [4.69, 9.17) is 21.4 Å². The topological polar surface area (TPSA) is 70.6 Å². The van der Waals surface area contributed by atoms with Crippen LogP contribution in [-0.4, -0.2) is 31.4 Å². The first-order valence-electron chi connectivity index (χ1n) is 4.66. The second-order valence-electron chi connectivity index (χ2n) is 2.95. The molecule has 1 aromatic carbocycles. The molecule has 0 fully saturated rings. The van der Waals surface area contributed by atoms with Crippen LogP contribution in [0.15, 0.2) is 18.2 Å². The number of halogens is 1. The summed E-state index contributed by atoms with van der Waals surface area (Å²) >= 11 is 5.79. The predicted octanol–water partition coefficient (Wildman–Crippen LogP) is 1.46. The van der Waals surface area contributed by atoms with E-state index in [0.717, 1.165) is 0 Å². The van der Waals surface area contributed by atoms with Gasteiger partial charge in [0.1, 0.15) is 5.75 Å². The Hall–Kier alpha value is -1.46. The average Bonchev–Trinajstić information content (AvgIpc) is 2.27. The Labute approximate surface area is 98.4 Å². The van der Waals surface area contributed by atoms with E-state index < -0.39 is 6.03 Å². The van der Waals surface area contributed by atoms with E-state index in [1.54, 1.807) is 18.2 Å². The fourth-order valence-corrected chi connectivity index (χ4v) is 1.29. The van der Waals surface area contributed by atoms with Crippen LogP contribution in [0.2, 0.25) is 5.02 Å². The highest BCUT2D eigenvalue weighted by atomic mass is 35.5. The van der Waals surface area contributed by atoms with Crippen molar-refractivity contribution in [1.29, 1.82) is 0 Å². The van der Waals surface area contributed by atoms with Gasteiger partial charge in [0.15, 0.2) is 0 Å². The summed E-state index contributed by atoms with van der Waals surface area (Å²) in [7, 11) is 1.50. The highest BCUT2D eigenvalue weighted by Gasteiger charge is 2.07. The van der Waals surface area contributed by atoms with Crippen LogP contribution >= 0.6 is 11.6 Å². The monoisotopic (exact) mass is 244 g/mol. The number of rotatable bonds is 4. The first-order valence-corrected chi connectivity index (χ1v) is 5.04. The van der Waals surface area contributed by atoms with Gasteiger partial charge in [-0.2, -0.15) is 0 Å². The number of benzene rings is 1. The van der Waals surface area contributed by atoms with Crippen LogP contribution in [0.5, 0.6) is 5.75 Å². The summed E-state index contributed by atoms with van der Waals surface area (Å²) in [5, 5.41) is 14.1. The van der Waals surface area contributed by atoms with Gasteiger partial charge in [-0.05, 0) is 18.2 Å². The number of aliphatic hydroxyl groups excluding tert-OH is 1. The molecule has 0 aliphatic heterocycles. The van der Waals surface area contributed by atoms with Crippen molar-refractivity contribution in [2.75, 3.05) is 25.6 Å². The van der Waals surface area contributed by atoms with Gasteiger partial charge < -0.3 is 20.5 Å². The minimum Gasteiger partial charge on any atom is -0.495 e. The van der Waals surface area contributed by atoms with E-state index in [0.29, 0.717) is 16.5 Å². The van der Waals surface area contributed by atoms with Crippen LogP contribution in [0.4, 0.5) is 10.5 Å². The summed E-state index contributed by atoms with van der Waals surface area (Å²) in [6.45, 7) is 0.0782. The summed E-state index contributed by atoms with van der Waals surface area (Å²) in [4.78, 5) is 11.3. The number of methoxy groups -OCH3 is 1. The molecular formula is C10H13ClN2O3. The number of urea groups is 1. The first-order chi connectivity index (χ1) is 7.67. The second-order valence-corrected chi connectivity index (χ2v) is 3.39. The van der Waals surface area contributed by atoms with Crippen molar-refractivity contribution >= 4 is 23.3 Å². The van der Waals surface area contributed by atoms with Crippen molar-refractivity contribution < 1.29 is 14.6 Å². The fraction of sp³-hybridized carbons (Fsp3) is 0.300. The normalized spacial score (nSPS) is 9.69. The zero-order chi connectivity index (χ0) is 12.0. The molecular weight excluding hydrogens is 232 g/mol. The van der Waals surface area contributed by atoms with Crippen LogP contribution in [-0.2, 0) is 0 Å². The Morgan fingerprint density at radius 2 is 2.31 bits per heavy atom. The number of carbonyl (C=O) groups excluding carboxylic acids is 1. The molecule has 0 aromatic heterocycles. The highest BCUT2D eigenvalue weighted by molar-refractivity contribution is 6.31. The third-order valence-electron chi connectivity index (χ3n) is 1.81. The number of carbonyl (C=O) groups is 1. The molecule has 6 heteroatoms. The first kappa shape index (κ1) is 12.6. The van der Waals surface area contributed by atoms with Gasteiger partial charge in [0, 0.05) is 11.6 Å². The number of hydrogen-bond acceptors (Lipinski definition) is 3. The maximum Gasteiger partial charge on any atom is 0.319 e. The Morgan fingerprint density at radius 3 is 2.94 bits per heavy atom. The Balaban J connectivity index is 2.71. The minimum atomic E-state index is -0.422. The van der Waals surface area contributed by atoms with Gasteiger partial charge in [-0.25, -0.2) is 4.79 Å². The van der Waals surface area contributed by atoms with Gasteiger partial charge in [-0.3, -0.25) is 0 Å². The van der Waals surface area contributed by atoms with Gasteiger partial charge in [-0.15, -0.1) is 0 Å². The molecule has 0 saturated carbocycles. The molecule has 0 aliphatic carbocycles. The molecule has 1 aromatic rings. The molecule has 5 nitrogen and oxygen atoms in total. The quantitative estimate of drug-likeness (QED) is 0.751. The lowest BCUT2D eigenvalue weighted by atomic mass is 10.3. The highest BCUT2D eigenvalue weighted by Crippen LogP contribution is 2.27. The molecule has 16 heavy (non-hydrogen) atoms. The lowest BCUT2D eigenvalue weighted by Gasteiger charge is -2.10. The SMILES string of the molecule is COc1ccc(Cl)cc1NC(=O)NCCO. The molecule has 0 heterocycles. The summed E-state index contributed by atoms with van der Waals surface area (Å²) in [6, 6.07) is 4.48. The molecule has 0 radical (unpaired) electrons. The van der Waals surface area contributed by atoms with E-state index in [-0.39, 0.29) is 13.2 Å². The third kappa shape index (κ3) is 3.60. The molecule has 0 aliphatic rings. The molecule has 0 spiro atoms. The number of nitrogens with one attached hydrogen (secondary N) is 2. The number of amides is 2. The molecule has 0 saturated heterocycles. The van der Waals surface area contributed by atoms with Crippen LogP contribution in [0.1, 0.15) is 0 Å². The van der Waals surface area contributed by atoms with Crippen molar-refractivity contribution in [3.63, 3.8) is 0 Å². The van der Waals surface area contributed by atoms with Gasteiger partial charge in [-0.1, -0.05) is 11.6 Å². The summed E-state index contributed by atoms with van der Waals surface area (Å²) in [5.41, 5.74) is 0.477. The third-order valence-corrected chi connectivity index (χ3v) is 2.04. The number of aliphatic hydroxyl groups is 1. The molecule has 0 atom stereocenters. The summed E-state index contributed by atoms with van der Waals surface area (Å²) in [6.07, 6.45) is 0. The number of ether oxygens (including phenoxy) is 1. The van der Waals surface area contributed by atoms with E-state index in [2.05, 4.69) is 10.6 Å². The standard InChI is InChI=1S/C10H13ClN2O3/c1-16-9-3-2-7(11)6-8(9)13-10(15)12-4-5-14/h2-3,6,14H,4-5H2,1H3,(H2,12,13,15). The van der Waals surface area contributed by atoms with E-state index in [9.17, 15) is 4.79 Å². The van der Waals surface area contributed by atoms with Crippen LogP contribution in [0.3, 0.4) is 0 Å². The van der Waals surface area contributed by atoms with Gasteiger partial charge >= 0.3 is 6.03 Å². The van der Waals surface area contributed by atoms with Crippen molar-refractivity contribution in [2.24, 2.45) is 0 Å². The van der Waals surface area contributed by atoms with Crippen molar-refractivity contribution in [2.45, 2.75) is 0 Å². The number of anilines is 1. The number of hydrogen-bond donors (Lipinski definition) is 3. The predicted molar refractivity (Wildman–Crippen MR) is 62.1 cm³/mol. The minimum absolute atomic E-state index is 0.111. The van der Waals surface area contributed by atoms with Crippen molar-refractivity contribution in [3.8, 4) is 5.75 Å². The summed E-state index contributed by atoms with van der Waals surface area (Å²) < 4.78 is 5.06. The van der Waals surface area contributed by atoms with E-state index in [1.165, 1.54) is 7.11 Å². The molecule has 1 rings (SSSR count). The molecule has 0 bridgehead atoms. The maximum absolute atomic E-state index is 11.3. The Kier molecular flexibility index (Phi) is 4.88. The lowest BCUT2D eigenvalue weighted by molar-refractivity contribution is 0.244. The molecule has 2 amide bonds. The van der Waals surface area contributed by atoms with Crippen LogP contribution in [0, 0.1) is 0 Å². The van der Waals surface area contributed by atoms with Gasteiger partial charge in [0.25, 0.3) is 0 Å². The Bertz CT molecular complexity index is 371. The molecule has 3 N–H and O–H groups in total. The van der Waals surface area contributed by atoms with E-state index >= 15 is 0 Å². The lowest BCUT2D eigenvalue weighted by Crippen LogP contribution is -2.31. The largest absolute Gasteiger partial charge is 0.495 e.